The van der Waals surface area contributed by atoms with Crippen LogP contribution in [0.4, 0.5) is 11.5 Å². The lowest BCUT2D eigenvalue weighted by molar-refractivity contribution is 0.969. The van der Waals surface area contributed by atoms with Crippen LogP contribution in [0.15, 0.2) is 30.5 Å². The van der Waals surface area contributed by atoms with Crippen LogP contribution in [0.3, 0.4) is 0 Å². The Hall–Kier alpha value is -1.94. The van der Waals surface area contributed by atoms with E-state index < -0.39 is 0 Å². The molecule has 0 radical (unpaired) electrons. The quantitative estimate of drug-likeness (QED) is 0.863. The van der Waals surface area contributed by atoms with Gasteiger partial charge in [0.15, 0.2) is 5.82 Å². The van der Waals surface area contributed by atoms with Gasteiger partial charge < -0.3 is 11.1 Å². The monoisotopic (exact) mass is 242 g/mol. The Morgan fingerprint density at radius 1 is 1.17 bits per heavy atom. The second kappa shape index (κ2) is 5.60. The van der Waals surface area contributed by atoms with Crippen molar-refractivity contribution in [2.45, 2.75) is 20.3 Å². The third kappa shape index (κ3) is 3.05. The minimum Gasteiger partial charge on any atom is -0.339 e. The number of benzene rings is 1. The van der Waals surface area contributed by atoms with E-state index in [9.17, 15) is 0 Å². The van der Waals surface area contributed by atoms with Crippen LogP contribution in [0.1, 0.15) is 17.0 Å². The molecule has 94 valence electrons. The average molecular weight is 242 g/mol. The number of aromatic nitrogens is 2. The van der Waals surface area contributed by atoms with E-state index in [-0.39, 0.29) is 0 Å². The van der Waals surface area contributed by atoms with Crippen molar-refractivity contribution in [3.05, 3.63) is 47.4 Å². The first kappa shape index (κ1) is 12.5. The van der Waals surface area contributed by atoms with Crippen molar-refractivity contribution in [1.82, 2.24) is 9.97 Å². The summed E-state index contributed by atoms with van der Waals surface area (Å²) in [5.74, 6) is 0.807. The van der Waals surface area contributed by atoms with E-state index in [0.717, 1.165) is 29.3 Å². The van der Waals surface area contributed by atoms with E-state index in [2.05, 4.69) is 27.4 Å². The van der Waals surface area contributed by atoms with Gasteiger partial charge in [0.25, 0.3) is 0 Å². The lowest BCUT2D eigenvalue weighted by Crippen LogP contribution is -2.03. The number of nitrogens with zero attached hydrogens (tertiary/aromatic N) is 2. The fourth-order valence-corrected chi connectivity index (χ4v) is 1.71. The highest BCUT2D eigenvalue weighted by Gasteiger charge is 2.02. The van der Waals surface area contributed by atoms with Gasteiger partial charge in [0.2, 0.25) is 0 Å². The highest BCUT2D eigenvalue weighted by Crippen LogP contribution is 2.17. The van der Waals surface area contributed by atoms with Gasteiger partial charge in [-0.2, -0.15) is 0 Å². The van der Waals surface area contributed by atoms with Crippen LogP contribution in [0, 0.1) is 13.8 Å². The number of nitrogens with one attached hydrogen (secondary N) is 1. The molecule has 0 aliphatic carbocycles. The smallest absolute Gasteiger partial charge is 0.152 e. The zero-order valence-electron chi connectivity index (χ0n) is 10.8. The Labute approximate surface area is 107 Å². The van der Waals surface area contributed by atoms with Crippen LogP contribution < -0.4 is 11.1 Å². The lowest BCUT2D eigenvalue weighted by atomic mass is 10.1. The Balaban J connectivity index is 2.15. The molecular weight excluding hydrogens is 224 g/mol. The first-order valence-corrected chi connectivity index (χ1v) is 6.05. The number of hydrogen-bond donors (Lipinski definition) is 2. The molecule has 0 saturated heterocycles. The van der Waals surface area contributed by atoms with Crippen molar-refractivity contribution in [2.24, 2.45) is 5.73 Å². The molecule has 3 N–H and O–H groups in total. The van der Waals surface area contributed by atoms with Crippen LogP contribution >= 0.6 is 0 Å². The maximum atomic E-state index is 5.52. The molecule has 0 fully saturated rings. The molecule has 0 atom stereocenters. The van der Waals surface area contributed by atoms with Gasteiger partial charge in [-0.15, -0.1) is 0 Å². The van der Waals surface area contributed by atoms with Crippen LogP contribution in [-0.2, 0) is 6.42 Å². The Kier molecular flexibility index (Phi) is 3.89. The first-order valence-electron chi connectivity index (χ1n) is 6.05. The molecule has 2 aromatic rings. The van der Waals surface area contributed by atoms with Gasteiger partial charge in [-0.1, -0.05) is 12.1 Å². The number of hydrogen-bond acceptors (Lipinski definition) is 4. The van der Waals surface area contributed by atoms with Gasteiger partial charge in [0.05, 0.1) is 11.4 Å². The molecule has 0 spiro atoms. The summed E-state index contributed by atoms with van der Waals surface area (Å²) in [4.78, 5) is 8.71. The lowest BCUT2D eigenvalue weighted by Gasteiger charge is -2.09. The number of anilines is 2. The van der Waals surface area contributed by atoms with Crippen LogP contribution in [0.2, 0.25) is 0 Å². The van der Waals surface area contributed by atoms with E-state index in [1.165, 1.54) is 5.56 Å². The SMILES string of the molecule is Cc1cnc(C)c(Nc2ccc(CCN)cc2)n1. The normalized spacial score (nSPS) is 10.4. The molecule has 1 aromatic heterocycles. The molecule has 4 nitrogen and oxygen atoms in total. The summed E-state index contributed by atoms with van der Waals surface area (Å²) in [6, 6.07) is 8.23. The van der Waals surface area contributed by atoms with Crippen molar-refractivity contribution in [1.29, 1.82) is 0 Å². The number of rotatable bonds is 4. The van der Waals surface area contributed by atoms with Gasteiger partial charge in [-0.3, -0.25) is 4.98 Å². The third-order valence-corrected chi connectivity index (χ3v) is 2.73. The Morgan fingerprint density at radius 3 is 2.56 bits per heavy atom. The van der Waals surface area contributed by atoms with Gasteiger partial charge in [0, 0.05) is 11.9 Å². The topological polar surface area (TPSA) is 63.8 Å². The standard InChI is InChI=1S/C14H18N4/c1-10-9-16-11(2)14(17-10)18-13-5-3-12(4-6-13)7-8-15/h3-6,9H,7-8,15H2,1-2H3,(H,17,18). The van der Waals surface area contributed by atoms with Gasteiger partial charge >= 0.3 is 0 Å². The zero-order valence-corrected chi connectivity index (χ0v) is 10.8. The third-order valence-electron chi connectivity index (χ3n) is 2.73. The minimum absolute atomic E-state index is 0.676. The largest absolute Gasteiger partial charge is 0.339 e. The molecule has 0 aliphatic rings. The summed E-state index contributed by atoms with van der Waals surface area (Å²) in [6.45, 7) is 4.55. The predicted molar refractivity (Wildman–Crippen MR) is 74.0 cm³/mol. The zero-order chi connectivity index (χ0) is 13.0. The molecular formula is C14H18N4. The van der Waals surface area contributed by atoms with Crippen molar-refractivity contribution >= 4 is 11.5 Å². The van der Waals surface area contributed by atoms with Gasteiger partial charge in [-0.25, -0.2) is 4.98 Å². The molecule has 0 aliphatic heterocycles. The Bertz CT molecular complexity index is 520. The summed E-state index contributed by atoms with van der Waals surface area (Å²) in [5.41, 5.74) is 9.58. The highest BCUT2D eigenvalue weighted by molar-refractivity contribution is 5.58. The molecule has 18 heavy (non-hydrogen) atoms. The van der Waals surface area contributed by atoms with E-state index in [4.69, 9.17) is 5.73 Å². The summed E-state index contributed by atoms with van der Waals surface area (Å²) < 4.78 is 0. The second-order valence-electron chi connectivity index (χ2n) is 4.31. The molecule has 0 saturated carbocycles. The van der Waals surface area contributed by atoms with Gasteiger partial charge in [-0.05, 0) is 44.5 Å². The fraction of sp³-hybridized carbons (Fsp3) is 0.286. The second-order valence-corrected chi connectivity index (χ2v) is 4.31. The van der Waals surface area contributed by atoms with Crippen molar-refractivity contribution < 1.29 is 0 Å². The average Bonchev–Trinajstić information content (AvgIpc) is 2.37. The highest BCUT2D eigenvalue weighted by atomic mass is 15.0. The summed E-state index contributed by atoms with van der Waals surface area (Å²) >= 11 is 0. The van der Waals surface area contributed by atoms with Crippen molar-refractivity contribution in [2.75, 3.05) is 11.9 Å². The molecule has 1 aromatic carbocycles. The molecule has 4 heteroatoms. The summed E-state index contributed by atoms with van der Waals surface area (Å²) in [7, 11) is 0. The molecule has 0 bridgehead atoms. The predicted octanol–water partition coefficient (Wildman–Crippen LogP) is 2.34. The van der Waals surface area contributed by atoms with Crippen LogP contribution in [0.25, 0.3) is 0 Å². The molecule has 2 rings (SSSR count). The van der Waals surface area contributed by atoms with E-state index in [1.807, 2.05) is 26.0 Å². The van der Waals surface area contributed by atoms with Gasteiger partial charge in [0.1, 0.15) is 0 Å². The fourth-order valence-electron chi connectivity index (χ4n) is 1.71. The first-order chi connectivity index (χ1) is 8.69. The molecule has 1 heterocycles. The number of aryl methyl sites for hydroxylation is 2. The maximum Gasteiger partial charge on any atom is 0.152 e. The van der Waals surface area contributed by atoms with E-state index in [0.29, 0.717) is 6.54 Å². The maximum absolute atomic E-state index is 5.52. The van der Waals surface area contributed by atoms with Crippen molar-refractivity contribution in [3.8, 4) is 0 Å². The van der Waals surface area contributed by atoms with Crippen LogP contribution in [-0.4, -0.2) is 16.5 Å². The molecule has 0 unspecified atom stereocenters. The minimum atomic E-state index is 0.676. The van der Waals surface area contributed by atoms with Crippen molar-refractivity contribution in [3.63, 3.8) is 0 Å². The van der Waals surface area contributed by atoms with E-state index in [1.54, 1.807) is 6.20 Å². The summed E-state index contributed by atoms with van der Waals surface area (Å²) in [5, 5.41) is 3.28. The Morgan fingerprint density at radius 2 is 1.89 bits per heavy atom. The summed E-state index contributed by atoms with van der Waals surface area (Å²) in [6.07, 6.45) is 2.68. The van der Waals surface area contributed by atoms with E-state index >= 15 is 0 Å². The molecule has 0 amide bonds. The number of nitrogens with two attached hydrogens (primary N) is 1. The van der Waals surface area contributed by atoms with Crippen LogP contribution in [0.5, 0.6) is 0 Å².